The molecule has 158 valence electrons. The van der Waals surface area contributed by atoms with E-state index in [1.54, 1.807) is 4.90 Å². The smallest absolute Gasteiger partial charge is 0.256 e. The maximum absolute atomic E-state index is 13.9. The van der Waals surface area contributed by atoms with Gasteiger partial charge in [-0.25, -0.2) is 8.78 Å². The van der Waals surface area contributed by atoms with Gasteiger partial charge in [-0.05, 0) is 49.3 Å². The van der Waals surface area contributed by atoms with Crippen molar-refractivity contribution in [2.75, 3.05) is 26.2 Å². The van der Waals surface area contributed by atoms with Crippen LogP contribution in [0, 0.1) is 17.6 Å². The maximum atomic E-state index is 13.9. The van der Waals surface area contributed by atoms with Crippen LogP contribution >= 0.6 is 0 Å². The Hall–Kier alpha value is -2.76. The largest absolute Gasteiger partial charge is 0.342 e. The topological polar surface area (TPSA) is 40.6 Å². The molecule has 2 amide bonds. The summed E-state index contributed by atoms with van der Waals surface area (Å²) in [6.07, 6.45) is 3.09. The first-order chi connectivity index (χ1) is 14.5. The molecule has 0 N–H and O–H groups in total. The minimum Gasteiger partial charge on any atom is -0.342 e. The van der Waals surface area contributed by atoms with Gasteiger partial charge in [0, 0.05) is 38.2 Å². The molecule has 2 aromatic carbocycles. The van der Waals surface area contributed by atoms with Gasteiger partial charge in [0.2, 0.25) is 5.91 Å². The van der Waals surface area contributed by atoms with Crippen LogP contribution in [-0.2, 0) is 4.79 Å². The van der Waals surface area contributed by atoms with Gasteiger partial charge >= 0.3 is 0 Å². The van der Waals surface area contributed by atoms with E-state index < -0.39 is 17.5 Å². The Morgan fingerprint density at radius 2 is 1.43 bits per heavy atom. The SMILES string of the molecule is O=C(c1ccc(F)cc1F)N1CCC(C(=O)N2CCC(c3ccccc3)CC2)CC1. The molecule has 2 aromatic rings. The molecule has 0 bridgehead atoms. The summed E-state index contributed by atoms with van der Waals surface area (Å²) in [4.78, 5) is 29.0. The highest BCUT2D eigenvalue weighted by atomic mass is 19.1. The Morgan fingerprint density at radius 1 is 0.800 bits per heavy atom. The monoisotopic (exact) mass is 412 g/mol. The fourth-order valence-corrected chi connectivity index (χ4v) is 4.58. The molecule has 30 heavy (non-hydrogen) atoms. The van der Waals surface area contributed by atoms with Crippen molar-refractivity contribution in [2.24, 2.45) is 5.92 Å². The van der Waals surface area contributed by atoms with E-state index in [0.717, 1.165) is 38.1 Å². The Morgan fingerprint density at radius 3 is 2.07 bits per heavy atom. The molecular weight excluding hydrogens is 386 g/mol. The van der Waals surface area contributed by atoms with Crippen LogP contribution in [0.25, 0.3) is 0 Å². The van der Waals surface area contributed by atoms with Gasteiger partial charge in [-0.15, -0.1) is 0 Å². The fraction of sp³-hybridized carbons (Fsp3) is 0.417. The quantitative estimate of drug-likeness (QED) is 0.757. The highest BCUT2D eigenvalue weighted by molar-refractivity contribution is 5.94. The summed E-state index contributed by atoms with van der Waals surface area (Å²) in [6, 6.07) is 13.4. The molecule has 6 heteroatoms. The number of carbonyl (C=O) groups excluding carboxylic acids is 2. The predicted octanol–water partition coefficient (Wildman–Crippen LogP) is 4.22. The summed E-state index contributed by atoms with van der Waals surface area (Å²) >= 11 is 0. The fourth-order valence-electron chi connectivity index (χ4n) is 4.58. The van der Waals surface area contributed by atoms with Gasteiger partial charge in [0.05, 0.1) is 5.56 Å². The van der Waals surface area contributed by atoms with Gasteiger partial charge in [0.25, 0.3) is 5.91 Å². The lowest BCUT2D eigenvalue weighted by Crippen LogP contribution is -2.46. The standard InChI is InChI=1S/C24H26F2N2O2/c25-20-6-7-21(22(26)16-20)24(30)28-14-10-19(11-15-28)23(29)27-12-8-18(9-13-27)17-4-2-1-3-5-17/h1-7,16,18-19H,8-15H2. The van der Waals surface area contributed by atoms with E-state index >= 15 is 0 Å². The number of hydrogen-bond acceptors (Lipinski definition) is 2. The average molecular weight is 412 g/mol. The lowest BCUT2D eigenvalue weighted by Gasteiger charge is -2.37. The number of likely N-dealkylation sites (tertiary alicyclic amines) is 2. The van der Waals surface area contributed by atoms with Crippen molar-refractivity contribution in [3.05, 3.63) is 71.3 Å². The second-order valence-corrected chi connectivity index (χ2v) is 8.20. The van der Waals surface area contributed by atoms with Crippen molar-refractivity contribution in [3.63, 3.8) is 0 Å². The number of amides is 2. The first kappa shape index (κ1) is 20.5. The highest BCUT2D eigenvalue weighted by Gasteiger charge is 2.33. The zero-order chi connectivity index (χ0) is 21.1. The van der Waals surface area contributed by atoms with Crippen LogP contribution in [0.1, 0.15) is 47.5 Å². The molecule has 4 nitrogen and oxygen atoms in total. The van der Waals surface area contributed by atoms with E-state index in [1.165, 1.54) is 11.6 Å². The van der Waals surface area contributed by atoms with Crippen LogP contribution in [0.4, 0.5) is 8.78 Å². The first-order valence-electron chi connectivity index (χ1n) is 10.6. The number of carbonyl (C=O) groups is 2. The summed E-state index contributed by atoms with van der Waals surface area (Å²) in [6.45, 7) is 2.34. The lowest BCUT2D eigenvalue weighted by molar-refractivity contribution is -0.138. The van der Waals surface area contributed by atoms with E-state index in [0.29, 0.717) is 31.8 Å². The molecule has 2 heterocycles. The molecule has 2 aliphatic rings. The molecule has 4 rings (SSSR count). The second-order valence-electron chi connectivity index (χ2n) is 8.20. The number of piperidine rings is 2. The van der Waals surface area contributed by atoms with E-state index in [1.807, 2.05) is 11.0 Å². The first-order valence-corrected chi connectivity index (χ1v) is 10.6. The molecular formula is C24H26F2N2O2. The normalized spacial score (nSPS) is 18.5. The van der Waals surface area contributed by atoms with Crippen LogP contribution in [0.2, 0.25) is 0 Å². The van der Waals surface area contributed by atoms with Crippen LogP contribution in [0.5, 0.6) is 0 Å². The van der Waals surface area contributed by atoms with Gasteiger partial charge in [-0.3, -0.25) is 9.59 Å². The molecule has 0 aliphatic carbocycles. The third-order valence-electron chi connectivity index (χ3n) is 6.37. The van der Waals surface area contributed by atoms with Crippen LogP contribution in [-0.4, -0.2) is 47.8 Å². The maximum Gasteiger partial charge on any atom is 0.256 e. The molecule has 2 fully saturated rings. The van der Waals surface area contributed by atoms with Gasteiger partial charge in [-0.2, -0.15) is 0 Å². The summed E-state index contributed by atoms with van der Waals surface area (Å²) in [5, 5.41) is 0. The third-order valence-corrected chi connectivity index (χ3v) is 6.37. The Balaban J connectivity index is 1.29. The van der Waals surface area contributed by atoms with Gasteiger partial charge in [0.15, 0.2) is 0 Å². The summed E-state index contributed by atoms with van der Waals surface area (Å²) in [5.74, 6) is -1.42. The van der Waals surface area contributed by atoms with Gasteiger partial charge < -0.3 is 9.80 Å². The van der Waals surface area contributed by atoms with Crippen molar-refractivity contribution >= 4 is 11.8 Å². The van der Waals surface area contributed by atoms with E-state index in [-0.39, 0.29) is 17.4 Å². The molecule has 2 saturated heterocycles. The molecule has 0 radical (unpaired) electrons. The van der Waals surface area contributed by atoms with E-state index in [4.69, 9.17) is 0 Å². The zero-order valence-electron chi connectivity index (χ0n) is 16.9. The third kappa shape index (κ3) is 4.37. The predicted molar refractivity (Wildman–Crippen MR) is 110 cm³/mol. The van der Waals surface area contributed by atoms with Gasteiger partial charge in [-0.1, -0.05) is 30.3 Å². The molecule has 0 aromatic heterocycles. The minimum absolute atomic E-state index is 0.0969. The minimum atomic E-state index is -0.848. The highest BCUT2D eigenvalue weighted by Crippen LogP contribution is 2.30. The van der Waals surface area contributed by atoms with Crippen molar-refractivity contribution in [3.8, 4) is 0 Å². The van der Waals surface area contributed by atoms with E-state index in [2.05, 4.69) is 24.3 Å². The Bertz CT molecular complexity index is 903. The van der Waals surface area contributed by atoms with Crippen molar-refractivity contribution in [2.45, 2.75) is 31.6 Å². The number of rotatable bonds is 3. The van der Waals surface area contributed by atoms with Crippen molar-refractivity contribution in [1.29, 1.82) is 0 Å². The van der Waals surface area contributed by atoms with E-state index in [9.17, 15) is 18.4 Å². The molecule has 0 unspecified atom stereocenters. The average Bonchev–Trinajstić information content (AvgIpc) is 2.79. The number of nitrogens with zero attached hydrogens (tertiary/aromatic N) is 2. The second kappa shape index (κ2) is 8.94. The van der Waals surface area contributed by atoms with Crippen LogP contribution in [0.15, 0.2) is 48.5 Å². The van der Waals surface area contributed by atoms with Crippen molar-refractivity contribution in [1.82, 2.24) is 9.80 Å². The van der Waals surface area contributed by atoms with Gasteiger partial charge in [0.1, 0.15) is 11.6 Å². The van der Waals surface area contributed by atoms with Crippen molar-refractivity contribution < 1.29 is 18.4 Å². The Kier molecular flexibility index (Phi) is 6.11. The number of hydrogen-bond donors (Lipinski definition) is 0. The molecule has 0 spiro atoms. The number of halogens is 2. The molecule has 0 atom stereocenters. The zero-order valence-corrected chi connectivity index (χ0v) is 16.9. The van der Waals surface area contributed by atoms with Crippen LogP contribution < -0.4 is 0 Å². The lowest BCUT2D eigenvalue weighted by atomic mass is 9.88. The molecule has 2 aliphatic heterocycles. The number of benzene rings is 2. The Labute approximate surface area is 175 Å². The summed E-state index contributed by atoms with van der Waals surface area (Å²) in [5.41, 5.74) is 1.22. The van der Waals surface area contributed by atoms with Crippen LogP contribution in [0.3, 0.4) is 0 Å². The summed E-state index contributed by atoms with van der Waals surface area (Å²) < 4.78 is 27.0. The molecule has 0 saturated carbocycles. The summed E-state index contributed by atoms with van der Waals surface area (Å²) in [7, 11) is 0.